The van der Waals surface area contributed by atoms with Crippen molar-refractivity contribution >= 4 is 5.78 Å². The second-order valence-electron chi connectivity index (χ2n) is 4.09. The van der Waals surface area contributed by atoms with Crippen LogP contribution in [-0.4, -0.2) is 37.1 Å². The molecule has 0 spiro atoms. The molecule has 2 heterocycles. The summed E-state index contributed by atoms with van der Waals surface area (Å²) in [5.41, 5.74) is 1.68. The Morgan fingerprint density at radius 2 is 2.38 bits per heavy atom. The molecule has 16 heavy (non-hydrogen) atoms. The van der Waals surface area contributed by atoms with Crippen LogP contribution in [0.4, 0.5) is 0 Å². The van der Waals surface area contributed by atoms with Crippen LogP contribution in [0.3, 0.4) is 0 Å². The third-order valence-electron chi connectivity index (χ3n) is 3.09. The summed E-state index contributed by atoms with van der Waals surface area (Å²) < 4.78 is 5.34. The van der Waals surface area contributed by atoms with Gasteiger partial charge in [0, 0.05) is 24.0 Å². The molecule has 0 aliphatic carbocycles. The van der Waals surface area contributed by atoms with Crippen molar-refractivity contribution in [2.24, 2.45) is 5.92 Å². The first-order valence-corrected chi connectivity index (χ1v) is 5.44. The molecule has 1 aromatic rings. The number of likely N-dealkylation sites (N-methyl/N-ethyl adjacent to an activating group) is 1. The molecule has 1 aliphatic rings. The van der Waals surface area contributed by atoms with Crippen LogP contribution in [0.2, 0.25) is 0 Å². The van der Waals surface area contributed by atoms with Gasteiger partial charge in [-0.05, 0) is 25.6 Å². The Morgan fingerprint density at radius 1 is 1.56 bits per heavy atom. The summed E-state index contributed by atoms with van der Waals surface area (Å²) in [6.07, 6.45) is 3.34. The topological polar surface area (TPSA) is 51.2 Å². The normalized spacial score (nSPS) is 24.6. The number of Topliss-reactive ketones (excluding diaryl/α,β-unsaturated/α-hetero) is 1. The molecule has 1 saturated heterocycles. The van der Waals surface area contributed by atoms with Crippen LogP contribution in [0.1, 0.15) is 15.9 Å². The molecule has 86 valence electrons. The molecule has 0 bridgehead atoms. The van der Waals surface area contributed by atoms with Crippen LogP contribution in [0, 0.1) is 12.8 Å². The number of aryl methyl sites for hydroxylation is 1. The molecular formula is C12H16N2O2. The smallest absolute Gasteiger partial charge is 0.171 e. The number of nitrogens with one attached hydrogen (secondary N) is 1. The first kappa shape index (κ1) is 11.2. The fourth-order valence-electron chi connectivity index (χ4n) is 2.02. The molecule has 1 N–H and O–H groups in total. The van der Waals surface area contributed by atoms with E-state index in [1.54, 1.807) is 12.4 Å². The van der Waals surface area contributed by atoms with Gasteiger partial charge in [-0.25, -0.2) is 0 Å². The van der Waals surface area contributed by atoms with Gasteiger partial charge in [0.05, 0.1) is 19.1 Å². The first-order chi connectivity index (χ1) is 7.74. The molecule has 4 nitrogen and oxygen atoms in total. The minimum Gasteiger partial charge on any atom is -0.379 e. The van der Waals surface area contributed by atoms with Crippen molar-refractivity contribution in [1.29, 1.82) is 0 Å². The van der Waals surface area contributed by atoms with E-state index in [4.69, 9.17) is 4.74 Å². The summed E-state index contributed by atoms with van der Waals surface area (Å²) in [5.74, 6) is 0.0374. The number of rotatable bonds is 3. The summed E-state index contributed by atoms with van der Waals surface area (Å²) in [6, 6.07) is 1.98. The zero-order valence-electron chi connectivity index (χ0n) is 9.56. The van der Waals surface area contributed by atoms with E-state index in [0.717, 1.165) is 5.56 Å². The predicted molar refractivity (Wildman–Crippen MR) is 60.5 cm³/mol. The fourth-order valence-corrected chi connectivity index (χ4v) is 2.02. The average molecular weight is 220 g/mol. The number of aromatic nitrogens is 1. The first-order valence-electron chi connectivity index (χ1n) is 5.44. The van der Waals surface area contributed by atoms with E-state index in [-0.39, 0.29) is 17.7 Å². The quantitative estimate of drug-likeness (QED) is 0.766. The maximum absolute atomic E-state index is 12.3. The van der Waals surface area contributed by atoms with Crippen molar-refractivity contribution in [3.63, 3.8) is 0 Å². The van der Waals surface area contributed by atoms with Gasteiger partial charge >= 0.3 is 0 Å². The number of carbonyl (C=O) groups excluding carboxylic acids is 1. The maximum Gasteiger partial charge on any atom is 0.171 e. The number of hydrogen-bond donors (Lipinski definition) is 1. The second kappa shape index (κ2) is 4.72. The molecular weight excluding hydrogens is 204 g/mol. The number of ketones is 1. The third kappa shape index (κ3) is 1.99. The zero-order valence-corrected chi connectivity index (χ0v) is 9.56. The summed E-state index contributed by atoms with van der Waals surface area (Å²) >= 11 is 0. The molecule has 0 saturated carbocycles. The standard InChI is InChI=1S/C12H16N2O2/c1-8-3-4-14-5-9(8)12(15)10-6-16-7-11(10)13-2/h3-5,10-11,13H,6-7H2,1-2H3. The van der Waals surface area contributed by atoms with Gasteiger partial charge in [-0.2, -0.15) is 0 Å². The van der Waals surface area contributed by atoms with Crippen molar-refractivity contribution in [3.05, 3.63) is 29.6 Å². The number of hydrogen-bond acceptors (Lipinski definition) is 4. The van der Waals surface area contributed by atoms with Gasteiger partial charge in [-0.1, -0.05) is 0 Å². The summed E-state index contributed by atoms with van der Waals surface area (Å²) in [7, 11) is 1.86. The number of nitrogens with zero attached hydrogens (tertiary/aromatic N) is 1. The van der Waals surface area contributed by atoms with Gasteiger partial charge in [-0.3, -0.25) is 9.78 Å². The molecule has 4 heteroatoms. The fraction of sp³-hybridized carbons (Fsp3) is 0.500. The Morgan fingerprint density at radius 3 is 3.06 bits per heavy atom. The van der Waals surface area contributed by atoms with Crippen molar-refractivity contribution in [2.45, 2.75) is 13.0 Å². The largest absolute Gasteiger partial charge is 0.379 e. The Bertz CT molecular complexity index is 392. The van der Waals surface area contributed by atoms with Crippen LogP contribution < -0.4 is 5.32 Å². The number of carbonyl (C=O) groups is 1. The highest BCUT2D eigenvalue weighted by molar-refractivity contribution is 5.99. The maximum atomic E-state index is 12.3. The second-order valence-corrected chi connectivity index (χ2v) is 4.09. The molecule has 0 amide bonds. The van der Waals surface area contributed by atoms with Gasteiger partial charge in [0.25, 0.3) is 0 Å². The summed E-state index contributed by atoms with van der Waals surface area (Å²) in [5, 5.41) is 3.12. The van der Waals surface area contributed by atoms with E-state index in [1.807, 2.05) is 20.0 Å². The van der Waals surface area contributed by atoms with E-state index < -0.39 is 0 Å². The Kier molecular flexibility index (Phi) is 3.31. The van der Waals surface area contributed by atoms with Crippen molar-refractivity contribution in [2.75, 3.05) is 20.3 Å². The van der Waals surface area contributed by atoms with E-state index in [0.29, 0.717) is 18.8 Å². The van der Waals surface area contributed by atoms with E-state index in [1.165, 1.54) is 0 Å². The van der Waals surface area contributed by atoms with Crippen LogP contribution in [0.15, 0.2) is 18.5 Å². The molecule has 1 fully saturated rings. The lowest BCUT2D eigenvalue weighted by atomic mass is 9.92. The lowest BCUT2D eigenvalue weighted by molar-refractivity contribution is 0.0891. The van der Waals surface area contributed by atoms with Crippen molar-refractivity contribution in [1.82, 2.24) is 10.3 Å². The van der Waals surface area contributed by atoms with Crippen LogP contribution in [0.5, 0.6) is 0 Å². The van der Waals surface area contributed by atoms with Crippen LogP contribution >= 0.6 is 0 Å². The highest BCUT2D eigenvalue weighted by Crippen LogP contribution is 2.20. The molecule has 2 atom stereocenters. The Balaban J connectivity index is 2.22. The summed E-state index contributed by atoms with van der Waals surface area (Å²) in [4.78, 5) is 16.3. The predicted octanol–water partition coefficient (Wildman–Crippen LogP) is 0.807. The molecule has 0 radical (unpaired) electrons. The van der Waals surface area contributed by atoms with E-state index >= 15 is 0 Å². The Labute approximate surface area is 95.0 Å². The minimum atomic E-state index is -0.0899. The number of ether oxygens (including phenoxy) is 1. The molecule has 0 aromatic carbocycles. The summed E-state index contributed by atoms with van der Waals surface area (Å²) in [6.45, 7) is 3.03. The third-order valence-corrected chi connectivity index (χ3v) is 3.09. The molecule has 2 rings (SSSR count). The van der Waals surface area contributed by atoms with Gasteiger partial charge < -0.3 is 10.1 Å². The Hall–Kier alpha value is -1.26. The minimum absolute atomic E-state index is 0.0899. The van der Waals surface area contributed by atoms with Crippen molar-refractivity contribution < 1.29 is 9.53 Å². The molecule has 2 unspecified atom stereocenters. The SMILES string of the molecule is CNC1COCC1C(=O)c1cnccc1C. The van der Waals surface area contributed by atoms with Gasteiger partial charge in [0.1, 0.15) is 0 Å². The highest BCUT2D eigenvalue weighted by Gasteiger charge is 2.33. The van der Waals surface area contributed by atoms with Crippen LogP contribution in [0.25, 0.3) is 0 Å². The van der Waals surface area contributed by atoms with Gasteiger partial charge in [0.2, 0.25) is 0 Å². The molecule has 1 aromatic heterocycles. The van der Waals surface area contributed by atoms with E-state index in [9.17, 15) is 4.79 Å². The molecule has 1 aliphatic heterocycles. The number of pyridine rings is 1. The van der Waals surface area contributed by atoms with Crippen molar-refractivity contribution in [3.8, 4) is 0 Å². The zero-order chi connectivity index (χ0) is 11.5. The highest BCUT2D eigenvalue weighted by atomic mass is 16.5. The lowest BCUT2D eigenvalue weighted by Crippen LogP contribution is -2.37. The van der Waals surface area contributed by atoms with Gasteiger partial charge in [-0.15, -0.1) is 0 Å². The van der Waals surface area contributed by atoms with E-state index in [2.05, 4.69) is 10.3 Å². The monoisotopic (exact) mass is 220 g/mol. The lowest BCUT2D eigenvalue weighted by Gasteiger charge is -2.16. The van der Waals surface area contributed by atoms with Gasteiger partial charge in [0.15, 0.2) is 5.78 Å². The van der Waals surface area contributed by atoms with Crippen LogP contribution in [-0.2, 0) is 4.74 Å². The average Bonchev–Trinajstić information content (AvgIpc) is 2.77.